The second-order valence-corrected chi connectivity index (χ2v) is 7.71. The minimum atomic E-state index is -0.790. The Balaban J connectivity index is 1.45. The molecule has 4 rings (SSSR count). The number of imide groups is 1. The lowest BCUT2D eigenvalue weighted by Crippen LogP contribution is -2.57. The maximum absolute atomic E-state index is 13.1. The second kappa shape index (κ2) is 6.55. The third-order valence-corrected chi connectivity index (χ3v) is 6.33. The summed E-state index contributed by atoms with van der Waals surface area (Å²) in [7, 11) is 3.21. The van der Waals surface area contributed by atoms with Crippen LogP contribution in [0.1, 0.15) is 24.8 Å². The van der Waals surface area contributed by atoms with E-state index in [4.69, 9.17) is 4.74 Å². The van der Waals surface area contributed by atoms with Crippen molar-refractivity contribution < 1.29 is 19.1 Å². The molecule has 0 saturated carbocycles. The molecule has 1 aromatic carbocycles. The van der Waals surface area contributed by atoms with E-state index in [1.807, 2.05) is 29.2 Å². The predicted molar refractivity (Wildman–Crippen MR) is 98.2 cm³/mol. The van der Waals surface area contributed by atoms with E-state index in [0.29, 0.717) is 45.4 Å². The van der Waals surface area contributed by atoms with E-state index in [9.17, 15) is 14.4 Å². The Morgan fingerprint density at radius 3 is 2.52 bits per heavy atom. The number of carbonyl (C=O) groups is 3. The Kier molecular flexibility index (Phi) is 4.32. The first-order valence-corrected chi connectivity index (χ1v) is 9.49. The number of para-hydroxylation sites is 1. The van der Waals surface area contributed by atoms with Crippen molar-refractivity contribution in [3.8, 4) is 5.75 Å². The minimum absolute atomic E-state index is 0.107. The quantitative estimate of drug-likeness (QED) is 0.702. The highest BCUT2D eigenvalue weighted by molar-refractivity contribution is 6.06. The number of benzene rings is 1. The van der Waals surface area contributed by atoms with Crippen molar-refractivity contribution in [2.24, 2.45) is 5.92 Å². The number of hydrogen-bond acceptors (Lipinski definition) is 4. The number of likely N-dealkylation sites (N-methyl/N-ethyl adjacent to an activating group) is 2. The van der Waals surface area contributed by atoms with Gasteiger partial charge in [-0.1, -0.05) is 18.2 Å². The molecule has 0 radical (unpaired) electrons. The number of nitrogens with zero attached hydrogens (tertiary/aromatic N) is 3. The molecule has 4 amide bonds. The van der Waals surface area contributed by atoms with E-state index in [0.717, 1.165) is 11.3 Å². The first-order chi connectivity index (χ1) is 12.9. The fourth-order valence-corrected chi connectivity index (χ4v) is 4.56. The number of rotatable bonds is 1. The summed E-state index contributed by atoms with van der Waals surface area (Å²) >= 11 is 0. The minimum Gasteiger partial charge on any atom is -0.493 e. The van der Waals surface area contributed by atoms with E-state index in [2.05, 4.69) is 0 Å². The Morgan fingerprint density at radius 1 is 1.15 bits per heavy atom. The average molecular weight is 371 g/mol. The third kappa shape index (κ3) is 2.76. The van der Waals surface area contributed by atoms with Crippen molar-refractivity contribution in [3.63, 3.8) is 0 Å². The molecule has 7 nitrogen and oxygen atoms in total. The number of carbonyl (C=O) groups excluding carboxylic acids is 3. The molecule has 144 valence electrons. The second-order valence-electron chi connectivity index (χ2n) is 7.71. The molecule has 0 aliphatic carbocycles. The Bertz CT molecular complexity index is 785. The molecule has 3 aliphatic heterocycles. The van der Waals surface area contributed by atoms with E-state index in [1.165, 1.54) is 11.9 Å². The predicted octanol–water partition coefficient (Wildman–Crippen LogP) is 1.51. The largest absolute Gasteiger partial charge is 0.493 e. The number of urea groups is 1. The fourth-order valence-electron chi connectivity index (χ4n) is 4.56. The normalized spacial score (nSPS) is 24.7. The van der Waals surface area contributed by atoms with Gasteiger partial charge in [0.1, 0.15) is 11.3 Å². The molecule has 0 N–H and O–H groups in total. The molecule has 0 bridgehead atoms. The number of ether oxygens (including phenoxy) is 1. The van der Waals surface area contributed by atoms with Gasteiger partial charge >= 0.3 is 6.03 Å². The summed E-state index contributed by atoms with van der Waals surface area (Å²) < 4.78 is 5.78. The number of fused-ring (bicyclic) bond motifs is 1. The van der Waals surface area contributed by atoms with Crippen molar-refractivity contribution >= 4 is 17.8 Å². The van der Waals surface area contributed by atoms with Crippen LogP contribution in [0.5, 0.6) is 5.75 Å². The Hall–Kier alpha value is -2.57. The molecule has 1 aromatic rings. The van der Waals surface area contributed by atoms with E-state index >= 15 is 0 Å². The van der Waals surface area contributed by atoms with Crippen LogP contribution in [0, 0.1) is 5.92 Å². The summed E-state index contributed by atoms with van der Waals surface area (Å²) in [5, 5.41) is 0. The van der Waals surface area contributed by atoms with Gasteiger partial charge in [-0.05, 0) is 37.3 Å². The monoisotopic (exact) mass is 371 g/mol. The highest BCUT2D eigenvalue weighted by atomic mass is 16.5. The van der Waals surface area contributed by atoms with Crippen LogP contribution in [0.3, 0.4) is 0 Å². The highest BCUT2D eigenvalue weighted by Gasteiger charge is 2.55. The lowest BCUT2D eigenvalue weighted by molar-refractivity contribution is -0.142. The fraction of sp³-hybridized carbons (Fsp3) is 0.550. The first-order valence-electron chi connectivity index (χ1n) is 9.49. The van der Waals surface area contributed by atoms with E-state index in [-0.39, 0.29) is 23.8 Å². The maximum atomic E-state index is 13.1. The molecule has 1 atom stereocenters. The molecule has 3 heterocycles. The van der Waals surface area contributed by atoms with E-state index < -0.39 is 5.54 Å². The van der Waals surface area contributed by atoms with Crippen molar-refractivity contribution in [1.82, 2.24) is 14.7 Å². The zero-order valence-corrected chi connectivity index (χ0v) is 15.8. The van der Waals surface area contributed by atoms with Gasteiger partial charge in [-0.25, -0.2) is 4.79 Å². The van der Waals surface area contributed by atoms with Crippen LogP contribution in [0.2, 0.25) is 0 Å². The highest BCUT2D eigenvalue weighted by Crippen LogP contribution is 2.36. The summed E-state index contributed by atoms with van der Waals surface area (Å²) in [6.45, 7) is 1.52. The average Bonchev–Trinajstić information content (AvgIpc) is 2.87. The molecular weight excluding hydrogens is 346 g/mol. The molecular formula is C20H25N3O4. The number of amides is 4. The van der Waals surface area contributed by atoms with Crippen LogP contribution < -0.4 is 4.74 Å². The summed E-state index contributed by atoms with van der Waals surface area (Å²) in [6.07, 6.45) is 2.35. The number of piperidine rings is 1. The number of hydrogen-bond donors (Lipinski definition) is 0. The van der Waals surface area contributed by atoms with Gasteiger partial charge in [-0.3, -0.25) is 14.5 Å². The summed E-state index contributed by atoms with van der Waals surface area (Å²) in [5.74, 6) is 0.728. The zero-order chi connectivity index (χ0) is 19.2. The van der Waals surface area contributed by atoms with E-state index in [1.54, 1.807) is 11.9 Å². The topological polar surface area (TPSA) is 70.2 Å². The van der Waals surface area contributed by atoms with Gasteiger partial charge in [0.25, 0.3) is 5.91 Å². The van der Waals surface area contributed by atoms with Gasteiger partial charge in [0.15, 0.2) is 0 Å². The van der Waals surface area contributed by atoms with Crippen LogP contribution in [-0.2, 0) is 16.0 Å². The first kappa shape index (κ1) is 17.8. The molecule has 2 fully saturated rings. The maximum Gasteiger partial charge on any atom is 0.327 e. The van der Waals surface area contributed by atoms with Crippen LogP contribution in [0.4, 0.5) is 4.79 Å². The molecule has 2 saturated heterocycles. The van der Waals surface area contributed by atoms with Gasteiger partial charge in [0.05, 0.1) is 6.61 Å². The molecule has 1 spiro atoms. The van der Waals surface area contributed by atoms with Crippen molar-refractivity contribution in [2.45, 2.75) is 31.2 Å². The van der Waals surface area contributed by atoms with Crippen molar-refractivity contribution in [3.05, 3.63) is 29.8 Å². The Morgan fingerprint density at radius 2 is 1.85 bits per heavy atom. The molecule has 3 aliphatic rings. The van der Waals surface area contributed by atoms with Crippen LogP contribution in [-0.4, -0.2) is 71.9 Å². The van der Waals surface area contributed by atoms with Gasteiger partial charge in [-0.2, -0.15) is 0 Å². The third-order valence-electron chi connectivity index (χ3n) is 6.33. The zero-order valence-electron chi connectivity index (χ0n) is 15.8. The van der Waals surface area contributed by atoms with Gasteiger partial charge in [-0.15, -0.1) is 0 Å². The Labute approximate surface area is 158 Å². The lowest BCUT2D eigenvalue weighted by atomic mass is 9.85. The van der Waals surface area contributed by atoms with Crippen LogP contribution in [0.15, 0.2) is 24.3 Å². The lowest BCUT2D eigenvalue weighted by Gasteiger charge is -2.41. The standard InChI is InChI=1S/C20H25N3O4/c1-21-18(25)20(22(2)19(21)26)8-10-23(11-9-20)17(24)15-7-12-27-16-6-4-3-5-14(16)13-15/h3-6,15H,7-13H2,1-2H3/t15-/m0/s1. The summed E-state index contributed by atoms with van der Waals surface area (Å²) in [6, 6.07) is 7.60. The van der Waals surface area contributed by atoms with Gasteiger partial charge in [0.2, 0.25) is 5.91 Å². The van der Waals surface area contributed by atoms with Gasteiger partial charge < -0.3 is 14.5 Å². The van der Waals surface area contributed by atoms with Crippen molar-refractivity contribution in [1.29, 1.82) is 0 Å². The van der Waals surface area contributed by atoms with Crippen LogP contribution >= 0.6 is 0 Å². The molecule has 0 unspecified atom stereocenters. The molecule has 0 aromatic heterocycles. The molecule has 7 heteroatoms. The summed E-state index contributed by atoms with van der Waals surface area (Å²) in [4.78, 5) is 42.5. The van der Waals surface area contributed by atoms with Gasteiger partial charge in [0, 0.05) is 33.1 Å². The number of likely N-dealkylation sites (tertiary alicyclic amines) is 1. The summed E-state index contributed by atoms with van der Waals surface area (Å²) in [5.41, 5.74) is 0.279. The van der Waals surface area contributed by atoms with Crippen LogP contribution in [0.25, 0.3) is 0 Å². The SMILES string of the molecule is CN1C(=O)N(C)C2(CCN(C(=O)[C@H]3CCOc4ccccc4C3)CC2)C1=O. The smallest absolute Gasteiger partial charge is 0.327 e. The van der Waals surface area contributed by atoms with Crippen molar-refractivity contribution in [2.75, 3.05) is 33.8 Å². The molecule has 27 heavy (non-hydrogen) atoms.